The molecule has 8 nitrogen and oxygen atoms in total. The molecule has 0 aromatic carbocycles. The molecular weight excluding hydrogens is 254 g/mol. The highest BCUT2D eigenvalue weighted by atomic mass is 16.5. The van der Waals surface area contributed by atoms with Crippen molar-refractivity contribution in [1.29, 1.82) is 0 Å². The number of rotatable bonds is 6. The summed E-state index contributed by atoms with van der Waals surface area (Å²) in [6.45, 7) is 3.08. The molecule has 1 saturated heterocycles. The van der Waals surface area contributed by atoms with Gasteiger partial charge in [-0.2, -0.15) is 0 Å². The Hall–Kier alpha value is -1.83. The van der Waals surface area contributed by atoms with Crippen LogP contribution in [-0.4, -0.2) is 66.8 Å². The number of nitrogens with one attached hydrogen (secondary N) is 2. The highest BCUT2D eigenvalue weighted by molar-refractivity contribution is 5.90. The van der Waals surface area contributed by atoms with Gasteiger partial charge in [0, 0.05) is 26.3 Å². The minimum atomic E-state index is -1.13. The van der Waals surface area contributed by atoms with Crippen LogP contribution in [0.1, 0.15) is 13.3 Å². The normalized spacial score (nSPS) is 18.9. The smallest absolute Gasteiger partial charge is 0.328 e. The van der Waals surface area contributed by atoms with Crippen LogP contribution in [0.3, 0.4) is 0 Å². The Morgan fingerprint density at radius 3 is 2.95 bits per heavy atom. The van der Waals surface area contributed by atoms with Crippen molar-refractivity contribution in [3.8, 4) is 0 Å². The third kappa shape index (κ3) is 4.74. The van der Waals surface area contributed by atoms with Crippen molar-refractivity contribution in [1.82, 2.24) is 15.5 Å². The predicted molar refractivity (Wildman–Crippen MR) is 65.6 cm³/mol. The van der Waals surface area contributed by atoms with Gasteiger partial charge >= 0.3 is 12.0 Å². The molecule has 1 aliphatic heterocycles. The Kier molecular flexibility index (Phi) is 6.07. The summed E-state index contributed by atoms with van der Waals surface area (Å²) >= 11 is 0. The van der Waals surface area contributed by atoms with E-state index in [1.807, 2.05) is 6.92 Å². The lowest BCUT2D eigenvalue weighted by molar-refractivity contribution is -0.144. The summed E-state index contributed by atoms with van der Waals surface area (Å²) in [5, 5.41) is 14.0. The van der Waals surface area contributed by atoms with E-state index in [1.165, 1.54) is 0 Å². The number of ether oxygens (including phenoxy) is 1. The molecule has 0 aliphatic carbocycles. The lowest BCUT2D eigenvalue weighted by Crippen LogP contribution is -2.61. The van der Waals surface area contributed by atoms with Crippen LogP contribution in [0.2, 0.25) is 0 Å². The average Bonchev–Trinajstić information content (AvgIpc) is 2.37. The quantitative estimate of drug-likeness (QED) is 0.538. The van der Waals surface area contributed by atoms with Gasteiger partial charge in [0.1, 0.15) is 12.6 Å². The van der Waals surface area contributed by atoms with Crippen LogP contribution < -0.4 is 10.6 Å². The number of piperazine rings is 1. The topological polar surface area (TPSA) is 108 Å². The van der Waals surface area contributed by atoms with Crippen LogP contribution in [0.15, 0.2) is 0 Å². The van der Waals surface area contributed by atoms with Gasteiger partial charge in [-0.1, -0.05) is 0 Å². The molecule has 0 bridgehead atoms. The molecular formula is C11H19N3O5. The molecule has 0 aromatic heterocycles. The van der Waals surface area contributed by atoms with Crippen molar-refractivity contribution in [2.24, 2.45) is 0 Å². The second-order valence-electron chi connectivity index (χ2n) is 4.07. The van der Waals surface area contributed by atoms with E-state index in [-0.39, 0.29) is 19.0 Å². The fourth-order valence-corrected chi connectivity index (χ4v) is 1.69. The zero-order chi connectivity index (χ0) is 14.3. The summed E-state index contributed by atoms with van der Waals surface area (Å²) in [6, 6.07) is -1.57. The van der Waals surface area contributed by atoms with Gasteiger partial charge in [0.25, 0.3) is 0 Å². The highest BCUT2D eigenvalue weighted by Crippen LogP contribution is 2.04. The number of carbonyl (C=O) groups excluding carboxylic acids is 2. The minimum absolute atomic E-state index is 0.0689. The Morgan fingerprint density at radius 2 is 2.32 bits per heavy atom. The Labute approximate surface area is 111 Å². The van der Waals surface area contributed by atoms with E-state index in [0.717, 1.165) is 4.90 Å². The van der Waals surface area contributed by atoms with Gasteiger partial charge in [0.05, 0.1) is 0 Å². The highest BCUT2D eigenvalue weighted by Gasteiger charge is 2.34. The number of carbonyl (C=O) groups is 3. The van der Waals surface area contributed by atoms with Gasteiger partial charge in [-0.05, 0) is 13.3 Å². The number of carboxylic acid groups (broad SMARTS) is 1. The number of amides is 3. The number of hydrogen-bond donors (Lipinski definition) is 3. The first-order valence-corrected chi connectivity index (χ1v) is 6.18. The number of nitrogens with zero attached hydrogens (tertiary/aromatic N) is 1. The Balaban J connectivity index is 2.42. The first kappa shape index (κ1) is 15.2. The lowest BCUT2D eigenvalue weighted by atomic mass is 10.2. The van der Waals surface area contributed by atoms with Crippen LogP contribution in [-0.2, 0) is 14.3 Å². The molecule has 19 heavy (non-hydrogen) atoms. The third-order valence-corrected chi connectivity index (χ3v) is 2.67. The fourth-order valence-electron chi connectivity index (χ4n) is 1.69. The van der Waals surface area contributed by atoms with Gasteiger partial charge in [0.2, 0.25) is 5.91 Å². The van der Waals surface area contributed by atoms with Gasteiger partial charge < -0.3 is 20.5 Å². The molecule has 0 radical (unpaired) electrons. The summed E-state index contributed by atoms with van der Waals surface area (Å²) in [5.41, 5.74) is 0. The van der Waals surface area contributed by atoms with Crippen molar-refractivity contribution >= 4 is 17.9 Å². The van der Waals surface area contributed by atoms with E-state index in [4.69, 9.17) is 9.84 Å². The van der Waals surface area contributed by atoms with Crippen molar-refractivity contribution < 1.29 is 24.2 Å². The van der Waals surface area contributed by atoms with Gasteiger partial charge in [0.15, 0.2) is 0 Å². The minimum Gasteiger partial charge on any atom is -0.480 e. The Bertz CT molecular complexity index is 347. The molecule has 1 atom stereocenters. The predicted octanol–water partition coefficient (Wildman–Crippen LogP) is -0.992. The molecule has 1 rings (SSSR count). The monoisotopic (exact) mass is 273 g/mol. The van der Waals surface area contributed by atoms with Gasteiger partial charge in [-0.3, -0.25) is 9.69 Å². The molecule has 1 heterocycles. The molecule has 3 amide bonds. The number of carboxylic acids is 1. The Morgan fingerprint density at radius 1 is 1.58 bits per heavy atom. The molecule has 1 fully saturated rings. The summed E-state index contributed by atoms with van der Waals surface area (Å²) in [6.07, 6.45) is 0.636. The van der Waals surface area contributed by atoms with E-state index < -0.39 is 18.0 Å². The summed E-state index contributed by atoms with van der Waals surface area (Å²) in [7, 11) is 0. The van der Waals surface area contributed by atoms with Gasteiger partial charge in [-0.25, -0.2) is 9.59 Å². The largest absolute Gasteiger partial charge is 0.480 e. The van der Waals surface area contributed by atoms with Crippen molar-refractivity contribution in [3.05, 3.63) is 0 Å². The lowest BCUT2D eigenvalue weighted by Gasteiger charge is -2.32. The summed E-state index contributed by atoms with van der Waals surface area (Å²) in [4.78, 5) is 35.1. The molecule has 1 unspecified atom stereocenters. The second-order valence-corrected chi connectivity index (χ2v) is 4.07. The number of aliphatic carboxylic acids is 1. The maximum Gasteiger partial charge on any atom is 0.328 e. The number of hydrogen-bond acceptors (Lipinski definition) is 4. The molecule has 8 heteroatoms. The van der Waals surface area contributed by atoms with Crippen LogP contribution in [0.4, 0.5) is 4.79 Å². The maximum atomic E-state index is 11.8. The maximum absolute atomic E-state index is 11.8. The zero-order valence-electron chi connectivity index (χ0n) is 10.8. The standard InChI is InChI=1S/C11H19N3O5/c1-2-19-5-3-4-12-11(18)14-7-9(15)13-6-8(14)10(16)17/h8H,2-7H2,1H3,(H,12,18)(H,13,15)(H,16,17). The molecule has 1 aliphatic rings. The fraction of sp³-hybridized carbons (Fsp3) is 0.727. The van der Waals surface area contributed by atoms with Crippen LogP contribution in [0.5, 0.6) is 0 Å². The number of urea groups is 1. The first-order valence-electron chi connectivity index (χ1n) is 6.18. The molecule has 0 aromatic rings. The summed E-state index contributed by atoms with van der Waals surface area (Å²) < 4.78 is 5.11. The van der Waals surface area contributed by atoms with Crippen LogP contribution >= 0.6 is 0 Å². The molecule has 108 valence electrons. The summed E-state index contributed by atoms with van der Waals surface area (Å²) in [5.74, 6) is -1.49. The van der Waals surface area contributed by atoms with E-state index in [2.05, 4.69) is 10.6 Å². The SMILES string of the molecule is CCOCCCNC(=O)N1CC(=O)NCC1C(=O)O. The first-order chi connectivity index (χ1) is 9.06. The molecule has 3 N–H and O–H groups in total. The van der Waals surface area contributed by atoms with Crippen LogP contribution in [0.25, 0.3) is 0 Å². The van der Waals surface area contributed by atoms with E-state index in [9.17, 15) is 14.4 Å². The van der Waals surface area contributed by atoms with Crippen LogP contribution in [0, 0.1) is 0 Å². The second kappa shape index (κ2) is 7.57. The van der Waals surface area contributed by atoms with Crippen molar-refractivity contribution in [3.63, 3.8) is 0 Å². The van der Waals surface area contributed by atoms with Crippen molar-refractivity contribution in [2.45, 2.75) is 19.4 Å². The molecule has 0 saturated carbocycles. The van der Waals surface area contributed by atoms with Gasteiger partial charge in [-0.15, -0.1) is 0 Å². The van der Waals surface area contributed by atoms with E-state index in [0.29, 0.717) is 26.2 Å². The van der Waals surface area contributed by atoms with Crippen molar-refractivity contribution in [2.75, 3.05) is 32.8 Å². The third-order valence-electron chi connectivity index (χ3n) is 2.67. The molecule has 0 spiro atoms. The average molecular weight is 273 g/mol. The van der Waals surface area contributed by atoms with E-state index in [1.54, 1.807) is 0 Å². The van der Waals surface area contributed by atoms with E-state index >= 15 is 0 Å². The zero-order valence-corrected chi connectivity index (χ0v) is 10.8.